The summed E-state index contributed by atoms with van der Waals surface area (Å²) in [7, 11) is 0. The van der Waals surface area contributed by atoms with Crippen LogP contribution in [0.25, 0.3) is 10.9 Å². The lowest BCUT2D eigenvalue weighted by Crippen LogP contribution is -2.42. The Morgan fingerprint density at radius 3 is 2.77 bits per heavy atom. The van der Waals surface area contributed by atoms with Crippen molar-refractivity contribution >= 4 is 16.8 Å². The first kappa shape index (κ1) is 18.6. The van der Waals surface area contributed by atoms with Crippen molar-refractivity contribution in [3.8, 4) is 17.2 Å². The molecule has 6 rings (SSSR count). The highest BCUT2D eigenvalue weighted by Gasteiger charge is 2.44. The zero-order valence-corrected chi connectivity index (χ0v) is 17.0. The fourth-order valence-electron chi connectivity index (χ4n) is 5.23. The van der Waals surface area contributed by atoms with Gasteiger partial charge in [-0.15, -0.1) is 0 Å². The van der Waals surface area contributed by atoms with E-state index < -0.39 is 6.10 Å². The predicted molar refractivity (Wildman–Crippen MR) is 113 cm³/mol. The molecule has 2 aliphatic heterocycles. The number of aromatic amines is 1. The van der Waals surface area contributed by atoms with Crippen LogP contribution in [0.3, 0.4) is 0 Å². The molecular formula is C24H24N2O5. The molecule has 7 heteroatoms. The third-order valence-corrected chi connectivity index (χ3v) is 6.82. The van der Waals surface area contributed by atoms with Crippen LogP contribution in [0.2, 0.25) is 0 Å². The monoisotopic (exact) mass is 420 g/mol. The molecular weight excluding hydrogens is 396 g/mol. The molecule has 2 aromatic carbocycles. The average Bonchev–Trinajstić information content (AvgIpc) is 3.51. The fraction of sp³-hybridized carbons (Fsp3) is 0.375. The first-order valence-corrected chi connectivity index (χ1v) is 10.8. The van der Waals surface area contributed by atoms with Crippen LogP contribution < -0.4 is 14.2 Å². The first-order chi connectivity index (χ1) is 15.2. The molecule has 1 saturated heterocycles. The number of ether oxygens (including phenoxy) is 3. The first-order valence-electron chi connectivity index (χ1n) is 10.8. The molecule has 3 heterocycles. The maximum absolute atomic E-state index is 13.2. The van der Waals surface area contributed by atoms with Gasteiger partial charge in [-0.3, -0.25) is 4.79 Å². The number of aromatic nitrogens is 1. The normalized spacial score (nSPS) is 26.8. The third-order valence-electron chi connectivity index (χ3n) is 6.82. The second-order valence-electron chi connectivity index (χ2n) is 8.69. The number of nitrogens with zero attached hydrogens (tertiary/aromatic N) is 1. The summed E-state index contributed by atoms with van der Waals surface area (Å²) < 4.78 is 16.9. The number of rotatable bonds is 3. The molecule has 1 aromatic heterocycles. The molecule has 3 aliphatic rings. The van der Waals surface area contributed by atoms with Gasteiger partial charge in [-0.1, -0.05) is 18.2 Å². The van der Waals surface area contributed by atoms with E-state index in [1.165, 1.54) is 0 Å². The van der Waals surface area contributed by atoms with Crippen molar-refractivity contribution in [2.24, 2.45) is 11.8 Å². The smallest absolute Gasteiger partial charge is 0.256 e. The van der Waals surface area contributed by atoms with Crippen LogP contribution in [0, 0.1) is 11.8 Å². The molecule has 0 radical (unpaired) electrons. The maximum Gasteiger partial charge on any atom is 0.256 e. The number of hydrogen-bond acceptors (Lipinski definition) is 5. The summed E-state index contributed by atoms with van der Waals surface area (Å²) in [5.41, 5.74) is 1.68. The molecule has 1 aliphatic carbocycles. The van der Waals surface area contributed by atoms with E-state index in [9.17, 15) is 9.90 Å². The largest absolute Gasteiger partial charge is 0.488 e. The van der Waals surface area contributed by atoms with Crippen molar-refractivity contribution < 1.29 is 24.1 Å². The van der Waals surface area contributed by atoms with E-state index in [2.05, 4.69) is 4.98 Å². The second kappa shape index (κ2) is 7.20. The van der Waals surface area contributed by atoms with Crippen molar-refractivity contribution in [1.82, 2.24) is 9.88 Å². The van der Waals surface area contributed by atoms with Crippen molar-refractivity contribution in [3.05, 3.63) is 54.2 Å². The summed E-state index contributed by atoms with van der Waals surface area (Å²) in [6.45, 7) is 1.59. The van der Waals surface area contributed by atoms with Gasteiger partial charge in [0.2, 0.25) is 6.79 Å². The Labute approximate surface area is 179 Å². The third kappa shape index (κ3) is 3.20. The zero-order valence-electron chi connectivity index (χ0n) is 17.0. The predicted octanol–water partition coefficient (Wildman–Crippen LogP) is 3.19. The van der Waals surface area contributed by atoms with Crippen LogP contribution in [-0.4, -0.2) is 53.0 Å². The second-order valence-corrected chi connectivity index (χ2v) is 8.69. The molecule has 160 valence electrons. The Hall–Kier alpha value is -3.19. The van der Waals surface area contributed by atoms with Crippen LogP contribution in [-0.2, 0) is 0 Å². The Bertz CT molecular complexity index is 1140. The van der Waals surface area contributed by atoms with Gasteiger partial charge in [0.05, 0.1) is 11.7 Å². The van der Waals surface area contributed by atoms with Gasteiger partial charge in [0.1, 0.15) is 11.9 Å². The van der Waals surface area contributed by atoms with E-state index in [0.29, 0.717) is 54.2 Å². The van der Waals surface area contributed by atoms with Gasteiger partial charge in [0.25, 0.3) is 5.91 Å². The molecule has 2 N–H and O–H groups in total. The van der Waals surface area contributed by atoms with Crippen molar-refractivity contribution in [3.63, 3.8) is 0 Å². The summed E-state index contributed by atoms with van der Waals surface area (Å²) >= 11 is 0. The lowest BCUT2D eigenvalue weighted by molar-refractivity contribution is -0.0232. The molecule has 0 spiro atoms. The minimum atomic E-state index is -0.560. The van der Waals surface area contributed by atoms with E-state index >= 15 is 0 Å². The summed E-state index contributed by atoms with van der Waals surface area (Å²) in [5, 5.41) is 11.7. The van der Waals surface area contributed by atoms with Gasteiger partial charge in [-0.25, -0.2) is 0 Å². The number of aliphatic hydroxyl groups excluding tert-OH is 1. The standard InChI is InChI=1S/C24H24N2O5/c27-20-7-14-11-26(24(28)18-10-25-19-4-2-1-3-17(18)19)12-15(14)8-22(20)31-16-5-6-21-23(9-16)30-13-29-21/h1-6,9-10,14-15,20,22,25,27H,7-8,11-13H2/t14-,15+,20+,22+/m0/s1. The van der Waals surface area contributed by atoms with Gasteiger partial charge >= 0.3 is 0 Å². The van der Waals surface area contributed by atoms with Gasteiger partial charge < -0.3 is 29.2 Å². The lowest BCUT2D eigenvalue weighted by atomic mass is 9.78. The molecule has 7 nitrogen and oxygen atoms in total. The van der Waals surface area contributed by atoms with E-state index in [-0.39, 0.29) is 18.8 Å². The van der Waals surface area contributed by atoms with Crippen molar-refractivity contribution in [2.75, 3.05) is 19.9 Å². The Morgan fingerprint density at radius 2 is 1.87 bits per heavy atom. The van der Waals surface area contributed by atoms with Crippen molar-refractivity contribution in [1.29, 1.82) is 0 Å². The Kier molecular flexibility index (Phi) is 4.31. The number of nitrogens with one attached hydrogen (secondary N) is 1. The quantitative estimate of drug-likeness (QED) is 0.680. The molecule has 31 heavy (non-hydrogen) atoms. The maximum atomic E-state index is 13.2. The van der Waals surface area contributed by atoms with E-state index in [1.807, 2.05) is 47.4 Å². The Balaban J connectivity index is 1.16. The minimum absolute atomic E-state index is 0.0505. The van der Waals surface area contributed by atoms with Crippen LogP contribution in [0.15, 0.2) is 48.7 Å². The number of benzene rings is 2. The van der Waals surface area contributed by atoms with Gasteiger partial charge in [0, 0.05) is 36.3 Å². The highest BCUT2D eigenvalue weighted by molar-refractivity contribution is 6.06. The average molecular weight is 420 g/mol. The van der Waals surface area contributed by atoms with E-state index in [1.54, 1.807) is 6.20 Å². The number of fused-ring (bicyclic) bond motifs is 3. The zero-order chi connectivity index (χ0) is 20.9. The molecule has 0 bridgehead atoms. The number of likely N-dealkylation sites (tertiary alicyclic amines) is 1. The molecule has 2 fully saturated rings. The van der Waals surface area contributed by atoms with Crippen molar-refractivity contribution in [2.45, 2.75) is 25.0 Å². The number of para-hydroxylation sites is 1. The van der Waals surface area contributed by atoms with E-state index in [0.717, 1.165) is 17.3 Å². The fourth-order valence-corrected chi connectivity index (χ4v) is 5.23. The van der Waals surface area contributed by atoms with Crippen LogP contribution in [0.4, 0.5) is 0 Å². The van der Waals surface area contributed by atoms with Crippen LogP contribution >= 0.6 is 0 Å². The van der Waals surface area contributed by atoms with Gasteiger partial charge in [-0.05, 0) is 42.9 Å². The van der Waals surface area contributed by atoms with E-state index in [4.69, 9.17) is 14.2 Å². The lowest BCUT2D eigenvalue weighted by Gasteiger charge is -2.35. The molecule has 4 atom stereocenters. The highest BCUT2D eigenvalue weighted by Crippen LogP contribution is 2.40. The molecule has 3 aromatic rings. The molecule has 1 saturated carbocycles. The van der Waals surface area contributed by atoms with Gasteiger partial charge in [0.15, 0.2) is 11.5 Å². The topological polar surface area (TPSA) is 84.0 Å². The number of carbonyl (C=O) groups is 1. The van der Waals surface area contributed by atoms with Crippen LogP contribution in [0.5, 0.6) is 17.2 Å². The number of amides is 1. The number of carbonyl (C=O) groups excluding carboxylic acids is 1. The summed E-state index contributed by atoms with van der Waals surface area (Å²) in [6, 6.07) is 13.3. The molecule has 0 unspecified atom stereocenters. The number of H-pyrrole nitrogens is 1. The summed E-state index contributed by atoms with van der Waals surface area (Å²) in [6.07, 6.45) is 2.30. The number of aliphatic hydroxyl groups is 1. The minimum Gasteiger partial charge on any atom is -0.488 e. The molecule has 1 amide bonds. The number of hydrogen-bond donors (Lipinski definition) is 2. The SMILES string of the molecule is O=C(c1c[nH]c2ccccc12)N1C[C@H]2C[C@@H](Oc3ccc4c(c3)OCO4)[C@H](O)C[C@H]2C1. The highest BCUT2D eigenvalue weighted by atomic mass is 16.7. The summed E-state index contributed by atoms with van der Waals surface area (Å²) in [5.74, 6) is 2.69. The summed E-state index contributed by atoms with van der Waals surface area (Å²) in [4.78, 5) is 18.3. The Morgan fingerprint density at radius 1 is 1.06 bits per heavy atom. The van der Waals surface area contributed by atoms with Crippen LogP contribution in [0.1, 0.15) is 23.2 Å². The van der Waals surface area contributed by atoms with Gasteiger partial charge in [-0.2, -0.15) is 0 Å².